The highest BCUT2D eigenvalue weighted by Gasteiger charge is 2.31. The van der Waals surface area contributed by atoms with E-state index in [0.717, 1.165) is 12.8 Å². The van der Waals surface area contributed by atoms with E-state index < -0.39 is 10.2 Å². The van der Waals surface area contributed by atoms with Gasteiger partial charge in [0.2, 0.25) is 0 Å². The van der Waals surface area contributed by atoms with Crippen LogP contribution in [0.3, 0.4) is 0 Å². The molecule has 0 aromatic carbocycles. The van der Waals surface area contributed by atoms with Crippen molar-refractivity contribution in [2.24, 2.45) is 16.8 Å². The molecule has 1 rings (SSSR count). The molecule has 0 aromatic heterocycles. The van der Waals surface area contributed by atoms with Gasteiger partial charge in [0.05, 0.1) is 0 Å². The highest BCUT2D eigenvalue weighted by atomic mass is 32.2. The fraction of sp³-hybridized carbons (Fsp3) is 0.900. The van der Waals surface area contributed by atoms with E-state index in [1.165, 1.54) is 8.61 Å². The molecule has 18 heavy (non-hydrogen) atoms. The topological polar surface area (TPSA) is 99.2 Å². The second-order valence-electron chi connectivity index (χ2n) is 4.49. The van der Waals surface area contributed by atoms with Crippen molar-refractivity contribution in [1.82, 2.24) is 8.61 Å². The molecule has 1 unspecified atom stereocenters. The summed E-state index contributed by atoms with van der Waals surface area (Å²) in [6.45, 7) is 5.28. The molecule has 1 fully saturated rings. The zero-order valence-electron chi connectivity index (χ0n) is 10.9. The van der Waals surface area contributed by atoms with Gasteiger partial charge in [-0.2, -0.15) is 17.0 Å². The number of nitrogens with two attached hydrogens (primary N) is 1. The molecular weight excluding hydrogens is 256 g/mol. The van der Waals surface area contributed by atoms with Crippen molar-refractivity contribution >= 4 is 16.0 Å². The van der Waals surface area contributed by atoms with Crippen molar-refractivity contribution < 1.29 is 13.6 Å². The quantitative estimate of drug-likeness (QED) is 0.310. The number of amidine groups is 1. The third kappa shape index (κ3) is 3.33. The molecule has 1 aliphatic rings. The number of rotatable bonds is 6. The first-order valence-electron chi connectivity index (χ1n) is 6.16. The van der Waals surface area contributed by atoms with Crippen LogP contribution in [-0.4, -0.2) is 54.3 Å². The van der Waals surface area contributed by atoms with Crippen molar-refractivity contribution in [3.05, 3.63) is 0 Å². The smallest absolute Gasteiger partial charge is 0.281 e. The van der Waals surface area contributed by atoms with Crippen LogP contribution in [0.5, 0.6) is 0 Å². The summed E-state index contributed by atoms with van der Waals surface area (Å²) in [5.41, 5.74) is 5.48. The number of oxime groups is 1. The van der Waals surface area contributed by atoms with Crippen molar-refractivity contribution in [3.63, 3.8) is 0 Å². The Kier molecular flexibility index (Phi) is 5.36. The molecule has 1 atom stereocenters. The molecule has 1 saturated heterocycles. The monoisotopic (exact) mass is 278 g/mol. The lowest BCUT2D eigenvalue weighted by Gasteiger charge is -2.27. The zero-order chi connectivity index (χ0) is 13.8. The Morgan fingerprint density at radius 1 is 1.50 bits per heavy atom. The maximum absolute atomic E-state index is 12.3. The molecule has 0 bridgehead atoms. The van der Waals surface area contributed by atoms with E-state index in [0.29, 0.717) is 19.6 Å². The van der Waals surface area contributed by atoms with E-state index in [1.807, 2.05) is 0 Å². The van der Waals surface area contributed by atoms with Crippen LogP contribution < -0.4 is 5.73 Å². The summed E-state index contributed by atoms with van der Waals surface area (Å²) < 4.78 is 27.5. The minimum atomic E-state index is -3.41. The van der Waals surface area contributed by atoms with Crippen molar-refractivity contribution in [2.75, 3.05) is 26.2 Å². The summed E-state index contributed by atoms with van der Waals surface area (Å²) in [6.07, 6.45) is 1.82. The van der Waals surface area contributed by atoms with Crippen LogP contribution in [0.2, 0.25) is 0 Å². The molecular formula is C10H22N4O3S. The van der Waals surface area contributed by atoms with Gasteiger partial charge in [-0.05, 0) is 12.8 Å². The highest BCUT2D eigenvalue weighted by Crippen LogP contribution is 2.17. The Hall–Kier alpha value is -0.860. The van der Waals surface area contributed by atoms with E-state index in [2.05, 4.69) is 5.16 Å². The second-order valence-corrected chi connectivity index (χ2v) is 6.42. The predicted molar refractivity (Wildman–Crippen MR) is 69.5 cm³/mol. The molecule has 0 saturated carbocycles. The van der Waals surface area contributed by atoms with Gasteiger partial charge < -0.3 is 10.9 Å². The zero-order valence-corrected chi connectivity index (χ0v) is 11.7. The van der Waals surface area contributed by atoms with Gasteiger partial charge in [0, 0.05) is 32.1 Å². The van der Waals surface area contributed by atoms with Gasteiger partial charge in [0.25, 0.3) is 10.2 Å². The van der Waals surface area contributed by atoms with Gasteiger partial charge in [-0.15, -0.1) is 0 Å². The normalized spacial score (nSPS) is 20.5. The van der Waals surface area contributed by atoms with Crippen molar-refractivity contribution in [3.8, 4) is 0 Å². The Morgan fingerprint density at radius 2 is 2.06 bits per heavy atom. The van der Waals surface area contributed by atoms with Gasteiger partial charge >= 0.3 is 0 Å². The van der Waals surface area contributed by atoms with Crippen molar-refractivity contribution in [2.45, 2.75) is 26.7 Å². The lowest BCUT2D eigenvalue weighted by atomic mass is 10.1. The van der Waals surface area contributed by atoms with Crippen molar-refractivity contribution in [1.29, 1.82) is 0 Å². The third-order valence-corrected chi connectivity index (χ3v) is 5.25. The van der Waals surface area contributed by atoms with E-state index in [4.69, 9.17) is 10.9 Å². The second kappa shape index (κ2) is 6.35. The summed E-state index contributed by atoms with van der Waals surface area (Å²) >= 11 is 0. The van der Waals surface area contributed by atoms with E-state index in [1.54, 1.807) is 13.8 Å². The average molecular weight is 278 g/mol. The van der Waals surface area contributed by atoms with Crippen LogP contribution in [0.4, 0.5) is 0 Å². The first-order valence-corrected chi connectivity index (χ1v) is 7.55. The predicted octanol–water partition coefficient (Wildman–Crippen LogP) is 0.0314. The molecule has 1 aliphatic heterocycles. The lowest BCUT2D eigenvalue weighted by Crippen LogP contribution is -2.45. The van der Waals surface area contributed by atoms with Gasteiger partial charge in [0.15, 0.2) is 0 Å². The van der Waals surface area contributed by atoms with E-state index in [-0.39, 0.29) is 18.3 Å². The maximum Gasteiger partial charge on any atom is 0.281 e. The highest BCUT2D eigenvalue weighted by molar-refractivity contribution is 7.86. The van der Waals surface area contributed by atoms with Gasteiger partial charge in [-0.3, -0.25) is 0 Å². The molecule has 0 spiro atoms. The number of nitrogens with zero attached hydrogens (tertiary/aromatic N) is 3. The SMILES string of the molecule is CCN(CC(C)/C(N)=N/O)S(=O)(=O)N1CCCC1. The molecule has 3 N–H and O–H groups in total. The molecule has 0 amide bonds. The Balaban J connectivity index is 2.76. The fourth-order valence-electron chi connectivity index (χ4n) is 1.97. The average Bonchev–Trinajstić information content (AvgIpc) is 2.88. The minimum absolute atomic E-state index is 0.0464. The molecule has 0 aliphatic carbocycles. The number of hydrogen-bond donors (Lipinski definition) is 2. The summed E-state index contributed by atoms with van der Waals surface area (Å²) in [4.78, 5) is 0. The van der Waals surface area contributed by atoms with Crippen LogP contribution in [0.25, 0.3) is 0 Å². The molecule has 0 aromatic rings. The lowest BCUT2D eigenvalue weighted by molar-refractivity contribution is 0.309. The van der Waals surface area contributed by atoms with Crippen LogP contribution in [-0.2, 0) is 10.2 Å². The van der Waals surface area contributed by atoms with Gasteiger partial charge in [-0.25, -0.2) is 0 Å². The molecule has 8 heteroatoms. The largest absolute Gasteiger partial charge is 0.409 e. The first-order chi connectivity index (χ1) is 8.43. The maximum atomic E-state index is 12.3. The van der Waals surface area contributed by atoms with Gasteiger partial charge in [-0.1, -0.05) is 19.0 Å². The summed E-state index contributed by atoms with van der Waals surface area (Å²) in [5.74, 6) is -0.266. The standard InChI is InChI=1S/C10H22N4O3S/c1-3-13(8-9(2)10(11)12-15)18(16,17)14-6-4-5-7-14/h9,15H,3-8H2,1-2H3,(H2,11,12). The number of hydrogen-bond acceptors (Lipinski definition) is 4. The van der Waals surface area contributed by atoms with Gasteiger partial charge in [0.1, 0.15) is 5.84 Å². The molecule has 1 heterocycles. The van der Waals surface area contributed by atoms with Crippen LogP contribution in [0.1, 0.15) is 26.7 Å². The fourth-order valence-corrected chi connectivity index (χ4v) is 3.75. The molecule has 106 valence electrons. The third-order valence-electron chi connectivity index (χ3n) is 3.17. The van der Waals surface area contributed by atoms with E-state index >= 15 is 0 Å². The summed E-state index contributed by atoms with van der Waals surface area (Å²) in [5, 5.41) is 11.5. The van der Waals surface area contributed by atoms with Crippen LogP contribution >= 0.6 is 0 Å². The van der Waals surface area contributed by atoms with Crippen LogP contribution in [0, 0.1) is 5.92 Å². The van der Waals surface area contributed by atoms with Crippen LogP contribution in [0.15, 0.2) is 5.16 Å². The molecule has 0 radical (unpaired) electrons. The summed E-state index contributed by atoms with van der Waals surface area (Å²) in [7, 11) is -3.41. The first kappa shape index (κ1) is 15.2. The Morgan fingerprint density at radius 3 is 2.50 bits per heavy atom. The summed E-state index contributed by atoms with van der Waals surface area (Å²) in [6, 6.07) is 0. The van der Waals surface area contributed by atoms with E-state index in [9.17, 15) is 8.42 Å². The minimum Gasteiger partial charge on any atom is -0.409 e. The Bertz CT molecular complexity index is 390. The molecule has 7 nitrogen and oxygen atoms in total. The Labute approximate surface area is 108 Å².